The van der Waals surface area contributed by atoms with Crippen LogP contribution in [0.3, 0.4) is 0 Å². The number of hydrogen-bond donors (Lipinski definition) is 3. The number of sulfonamides is 1. The van der Waals surface area contributed by atoms with Gasteiger partial charge in [0, 0.05) is 6.54 Å². The summed E-state index contributed by atoms with van der Waals surface area (Å²) in [5.74, 6) is -1.08. The number of rotatable bonds is 5. The Kier molecular flexibility index (Phi) is 4.39. The minimum atomic E-state index is -3.95. The molecule has 0 amide bonds. The number of hydrogen-bond acceptors (Lipinski definition) is 5. The van der Waals surface area contributed by atoms with Crippen LogP contribution in [-0.2, 0) is 10.0 Å². The summed E-state index contributed by atoms with van der Waals surface area (Å²) in [6, 6.07) is 1.90. The summed E-state index contributed by atoms with van der Waals surface area (Å²) in [5.41, 5.74) is 4.17. The Morgan fingerprint density at radius 2 is 2.05 bits per heavy atom. The van der Waals surface area contributed by atoms with E-state index < -0.39 is 21.4 Å². The molecule has 8 heteroatoms. The van der Waals surface area contributed by atoms with Gasteiger partial charge in [0.1, 0.15) is 0 Å². The third-order valence-corrected chi connectivity index (χ3v) is 3.64. The standard InChI is InChI=1S/C11H17FN2O4S/c1-11(2,15)6-14-19(16,17)7-4-8(12)10(18-3)9(13)5-7/h4-5,14-15H,6,13H2,1-3H3. The van der Waals surface area contributed by atoms with Crippen LogP contribution in [0.4, 0.5) is 10.1 Å². The number of ether oxygens (including phenoxy) is 1. The quantitative estimate of drug-likeness (QED) is 0.685. The largest absolute Gasteiger partial charge is 0.492 e. The highest BCUT2D eigenvalue weighted by atomic mass is 32.2. The Morgan fingerprint density at radius 3 is 2.47 bits per heavy atom. The van der Waals surface area contributed by atoms with Crippen LogP contribution in [0.2, 0.25) is 0 Å². The monoisotopic (exact) mass is 292 g/mol. The van der Waals surface area contributed by atoms with Crippen molar-refractivity contribution in [2.45, 2.75) is 24.3 Å². The highest BCUT2D eigenvalue weighted by Gasteiger charge is 2.22. The summed E-state index contributed by atoms with van der Waals surface area (Å²) in [7, 11) is -2.72. The van der Waals surface area contributed by atoms with Gasteiger partial charge < -0.3 is 15.6 Å². The van der Waals surface area contributed by atoms with E-state index in [2.05, 4.69) is 4.72 Å². The maximum absolute atomic E-state index is 13.6. The number of anilines is 1. The fraction of sp³-hybridized carbons (Fsp3) is 0.455. The molecule has 1 aromatic rings. The van der Waals surface area contributed by atoms with Gasteiger partial charge >= 0.3 is 0 Å². The number of halogens is 1. The zero-order chi connectivity index (χ0) is 14.8. The van der Waals surface area contributed by atoms with Crippen LogP contribution in [0, 0.1) is 5.82 Å². The molecule has 1 aromatic carbocycles. The van der Waals surface area contributed by atoms with Crippen LogP contribution in [-0.4, -0.2) is 32.8 Å². The molecule has 0 aliphatic rings. The molecular formula is C11H17FN2O4S. The molecule has 0 heterocycles. The molecule has 0 aromatic heterocycles. The Hall–Kier alpha value is -1.38. The van der Waals surface area contributed by atoms with Crippen molar-refractivity contribution in [3.05, 3.63) is 17.9 Å². The SMILES string of the molecule is COc1c(N)cc(S(=O)(=O)NCC(C)(C)O)cc1F. The second-order valence-electron chi connectivity index (χ2n) is 4.66. The summed E-state index contributed by atoms with van der Waals surface area (Å²) < 4.78 is 44.2. The highest BCUT2D eigenvalue weighted by molar-refractivity contribution is 7.89. The van der Waals surface area contributed by atoms with Gasteiger partial charge in [0.25, 0.3) is 0 Å². The van der Waals surface area contributed by atoms with Crippen LogP contribution in [0.1, 0.15) is 13.8 Å². The van der Waals surface area contributed by atoms with Gasteiger partial charge in [-0.1, -0.05) is 0 Å². The first kappa shape index (κ1) is 15.7. The molecule has 0 saturated carbocycles. The zero-order valence-electron chi connectivity index (χ0n) is 10.9. The number of benzene rings is 1. The van der Waals surface area contributed by atoms with Crippen molar-refractivity contribution in [2.24, 2.45) is 0 Å². The lowest BCUT2D eigenvalue weighted by Crippen LogP contribution is -2.38. The molecule has 0 bridgehead atoms. The van der Waals surface area contributed by atoms with E-state index in [1.807, 2.05) is 0 Å². The van der Waals surface area contributed by atoms with Crippen LogP contribution in [0.5, 0.6) is 5.75 Å². The van der Waals surface area contributed by atoms with Crippen LogP contribution >= 0.6 is 0 Å². The van der Waals surface area contributed by atoms with Gasteiger partial charge in [-0.05, 0) is 26.0 Å². The van der Waals surface area contributed by atoms with E-state index in [1.165, 1.54) is 21.0 Å². The molecule has 0 spiro atoms. The number of nitrogens with one attached hydrogen (secondary N) is 1. The van der Waals surface area contributed by atoms with Gasteiger partial charge in [-0.15, -0.1) is 0 Å². The first-order valence-corrected chi connectivity index (χ1v) is 6.90. The highest BCUT2D eigenvalue weighted by Crippen LogP contribution is 2.28. The third kappa shape index (κ3) is 4.05. The number of methoxy groups -OCH3 is 1. The normalized spacial score (nSPS) is 12.5. The van der Waals surface area contributed by atoms with E-state index in [4.69, 9.17) is 10.5 Å². The molecule has 0 atom stereocenters. The zero-order valence-corrected chi connectivity index (χ0v) is 11.7. The molecule has 19 heavy (non-hydrogen) atoms. The topological polar surface area (TPSA) is 102 Å². The summed E-state index contributed by atoms with van der Waals surface area (Å²) >= 11 is 0. The van der Waals surface area contributed by atoms with Gasteiger partial charge in [0.05, 0.1) is 23.3 Å². The molecule has 6 nitrogen and oxygen atoms in total. The minimum absolute atomic E-state index is 0.119. The summed E-state index contributed by atoms with van der Waals surface area (Å²) in [6.07, 6.45) is 0. The lowest BCUT2D eigenvalue weighted by molar-refractivity contribution is 0.0857. The molecule has 0 unspecified atom stereocenters. The van der Waals surface area contributed by atoms with Gasteiger partial charge in [-0.25, -0.2) is 17.5 Å². The first-order chi connectivity index (χ1) is 8.57. The predicted molar refractivity (Wildman–Crippen MR) is 68.9 cm³/mol. The van der Waals surface area contributed by atoms with Crippen molar-refractivity contribution < 1.29 is 22.7 Å². The van der Waals surface area contributed by atoms with Gasteiger partial charge in [0.15, 0.2) is 11.6 Å². The third-order valence-electron chi connectivity index (χ3n) is 2.26. The maximum Gasteiger partial charge on any atom is 0.240 e. The second kappa shape index (κ2) is 5.32. The van der Waals surface area contributed by atoms with E-state index in [9.17, 15) is 17.9 Å². The van der Waals surface area contributed by atoms with Crippen LogP contribution in [0.25, 0.3) is 0 Å². The Balaban J connectivity index is 3.09. The number of nitrogen functional groups attached to an aromatic ring is 1. The molecule has 0 aliphatic heterocycles. The molecule has 0 saturated heterocycles. The van der Waals surface area contributed by atoms with Crippen molar-refractivity contribution >= 4 is 15.7 Å². The van der Waals surface area contributed by atoms with Gasteiger partial charge in [0.2, 0.25) is 10.0 Å². The average molecular weight is 292 g/mol. The van der Waals surface area contributed by atoms with Gasteiger partial charge in [-0.2, -0.15) is 0 Å². The summed E-state index contributed by atoms with van der Waals surface area (Å²) in [5, 5.41) is 9.47. The molecule has 4 N–H and O–H groups in total. The lowest BCUT2D eigenvalue weighted by Gasteiger charge is -2.18. The van der Waals surface area contributed by atoms with E-state index in [0.29, 0.717) is 0 Å². The average Bonchev–Trinajstić information content (AvgIpc) is 2.25. The van der Waals surface area contributed by atoms with Crippen molar-refractivity contribution in [3.8, 4) is 5.75 Å². The lowest BCUT2D eigenvalue weighted by atomic mass is 10.1. The van der Waals surface area contributed by atoms with Crippen molar-refractivity contribution in [2.75, 3.05) is 19.4 Å². The second-order valence-corrected chi connectivity index (χ2v) is 6.43. The van der Waals surface area contributed by atoms with E-state index in [-0.39, 0.29) is 22.9 Å². The predicted octanol–water partition coefficient (Wildman–Crippen LogP) is 0.466. The van der Waals surface area contributed by atoms with Crippen LogP contribution in [0.15, 0.2) is 17.0 Å². The Bertz CT molecular complexity index is 544. The summed E-state index contributed by atoms with van der Waals surface area (Å²) in [4.78, 5) is -0.326. The molecular weight excluding hydrogens is 275 g/mol. The van der Waals surface area contributed by atoms with Crippen LogP contribution < -0.4 is 15.2 Å². The molecule has 0 fully saturated rings. The molecule has 1 rings (SSSR count). The minimum Gasteiger partial charge on any atom is -0.492 e. The number of aliphatic hydroxyl groups is 1. The first-order valence-electron chi connectivity index (χ1n) is 5.42. The fourth-order valence-electron chi connectivity index (χ4n) is 1.31. The smallest absolute Gasteiger partial charge is 0.240 e. The molecule has 0 aliphatic carbocycles. The van der Waals surface area contributed by atoms with E-state index in [1.54, 1.807) is 0 Å². The summed E-state index contributed by atoms with van der Waals surface area (Å²) in [6.45, 7) is 2.68. The van der Waals surface area contributed by atoms with E-state index in [0.717, 1.165) is 12.1 Å². The van der Waals surface area contributed by atoms with Crippen molar-refractivity contribution in [3.63, 3.8) is 0 Å². The number of nitrogens with two attached hydrogens (primary N) is 1. The molecule has 108 valence electrons. The maximum atomic E-state index is 13.6. The Labute approximate surface area is 111 Å². The Morgan fingerprint density at radius 1 is 1.47 bits per heavy atom. The molecule has 0 radical (unpaired) electrons. The van der Waals surface area contributed by atoms with E-state index >= 15 is 0 Å². The van der Waals surface area contributed by atoms with Crippen molar-refractivity contribution in [1.82, 2.24) is 4.72 Å². The van der Waals surface area contributed by atoms with Gasteiger partial charge in [-0.3, -0.25) is 0 Å². The fourth-order valence-corrected chi connectivity index (χ4v) is 2.56. The van der Waals surface area contributed by atoms with Crippen molar-refractivity contribution in [1.29, 1.82) is 0 Å².